The van der Waals surface area contributed by atoms with E-state index in [1.165, 1.54) is 0 Å². The highest BCUT2D eigenvalue weighted by Gasteiger charge is 2.17. The zero-order chi connectivity index (χ0) is 12.9. The largest absolute Gasteiger partial charge is 0.464 e. The smallest absolute Gasteiger partial charge is 0.322 e. The van der Waals surface area contributed by atoms with E-state index in [0.29, 0.717) is 19.1 Å². The van der Waals surface area contributed by atoms with E-state index < -0.39 is 0 Å². The van der Waals surface area contributed by atoms with Crippen molar-refractivity contribution >= 4 is 17.5 Å². The predicted octanol–water partition coefficient (Wildman–Crippen LogP) is 1.76. The number of anilines is 1. The van der Waals surface area contributed by atoms with Gasteiger partial charge in [0, 0.05) is 13.7 Å². The lowest BCUT2D eigenvalue weighted by molar-refractivity contribution is 0.0342. The standard InChI is InChI=1S/C10H17ClN4O2/c1-5-17-9-14-7(11)13-8(15-9)12-6-10(2,3)16-4/h5-6H2,1-4H3,(H,12,13,14,15). The minimum atomic E-state index is -0.315. The van der Waals surface area contributed by atoms with Gasteiger partial charge in [-0.3, -0.25) is 0 Å². The lowest BCUT2D eigenvalue weighted by atomic mass is 10.1. The quantitative estimate of drug-likeness (QED) is 0.841. The van der Waals surface area contributed by atoms with Crippen molar-refractivity contribution in [3.63, 3.8) is 0 Å². The van der Waals surface area contributed by atoms with Crippen molar-refractivity contribution in [3.05, 3.63) is 5.28 Å². The fraction of sp³-hybridized carbons (Fsp3) is 0.700. The Morgan fingerprint density at radius 2 is 2.00 bits per heavy atom. The maximum atomic E-state index is 5.76. The van der Waals surface area contributed by atoms with Crippen molar-refractivity contribution < 1.29 is 9.47 Å². The lowest BCUT2D eigenvalue weighted by Gasteiger charge is -2.23. The van der Waals surface area contributed by atoms with Crippen molar-refractivity contribution in [3.8, 4) is 6.01 Å². The number of ether oxygens (including phenoxy) is 2. The maximum absolute atomic E-state index is 5.76. The van der Waals surface area contributed by atoms with Gasteiger partial charge in [-0.15, -0.1) is 0 Å². The first kappa shape index (κ1) is 13.9. The molecule has 1 rings (SSSR count). The van der Waals surface area contributed by atoms with E-state index in [9.17, 15) is 0 Å². The van der Waals surface area contributed by atoms with Crippen LogP contribution in [0, 0.1) is 0 Å². The zero-order valence-corrected chi connectivity index (χ0v) is 11.2. The van der Waals surface area contributed by atoms with Crippen molar-refractivity contribution in [2.24, 2.45) is 0 Å². The second-order valence-corrected chi connectivity index (χ2v) is 4.30. The van der Waals surface area contributed by atoms with Gasteiger partial charge in [0.15, 0.2) is 0 Å². The Balaban J connectivity index is 2.70. The number of methoxy groups -OCH3 is 1. The molecule has 1 aromatic heterocycles. The summed E-state index contributed by atoms with van der Waals surface area (Å²) in [5.74, 6) is 0.374. The first-order valence-electron chi connectivity index (χ1n) is 5.30. The highest BCUT2D eigenvalue weighted by molar-refractivity contribution is 6.28. The Morgan fingerprint density at radius 1 is 1.29 bits per heavy atom. The van der Waals surface area contributed by atoms with Crippen LogP contribution in [0.2, 0.25) is 5.28 Å². The lowest BCUT2D eigenvalue weighted by Crippen LogP contribution is -2.32. The van der Waals surface area contributed by atoms with Gasteiger partial charge in [-0.1, -0.05) is 0 Å². The monoisotopic (exact) mass is 260 g/mol. The molecule has 1 heterocycles. The summed E-state index contributed by atoms with van der Waals surface area (Å²) in [6.07, 6.45) is 0. The SMILES string of the molecule is CCOc1nc(Cl)nc(NCC(C)(C)OC)n1. The van der Waals surface area contributed by atoms with Crippen LogP contribution in [0.4, 0.5) is 5.95 Å². The molecule has 6 nitrogen and oxygen atoms in total. The van der Waals surface area contributed by atoms with E-state index in [0.717, 1.165) is 0 Å². The van der Waals surface area contributed by atoms with Gasteiger partial charge in [0.25, 0.3) is 0 Å². The highest BCUT2D eigenvalue weighted by atomic mass is 35.5. The number of aromatic nitrogens is 3. The summed E-state index contributed by atoms with van der Waals surface area (Å²) in [4.78, 5) is 11.9. The molecule has 0 unspecified atom stereocenters. The molecule has 0 aliphatic rings. The number of halogens is 1. The van der Waals surface area contributed by atoms with Crippen molar-refractivity contribution in [2.75, 3.05) is 25.6 Å². The zero-order valence-electron chi connectivity index (χ0n) is 10.5. The molecule has 0 aromatic carbocycles. The van der Waals surface area contributed by atoms with Gasteiger partial charge in [-0.2, -0.15) is 15.0 Å². The van der Waals surface area contributed by atoms with Crippen LogP contribution < -0.4 is 10.1 Å². The molecule has 0 aliphatic heterocycles. The first-order chi connectivity index (χ1) is 7.96. The van der Waals surface area contributed by atoms with Crippen LogP contribution in [0.5, 0.6) is 6.01 Å². The van der Waals surface area contributed by atoms with E-state index >= 15 is 0 Å². The number of nitrogens with zero attached hydrogens (tertiary/aromatic N) is 3. The summed E-state index contributed by atoms with van der Waals surface area (Å²) in [5, 5.41) is 3.12. The Labute approximate surface area is 106 Å². The van der Waals surface area contributed by atoms with Crippen molar-refractivity contribution in [2.45, 2.75) is 26.4 Å². The first-order valence-corrected chi connectivity index (χ1v) is 5.68. The van der Waals surface area contributed by atoms with Crippen LogP contribution >= 0.6 is 11.6 Å². The van der Waals surface area contributed by atoms with Crippen molar-refractivity contribution in [1.82, 2.24) is 15.0 Å². The van der Waals surface area contributed by atoms with Gasteiger partial charge < -0.3 is 14.8 Å². The average molecular weight is 261 g/mol. The van der Waals surface area contributed by atoms with E-state index in [2.05, 4.69) is 20.3 Å². The third-order valence-corrected chi connectivity index (χ3v) is 2.25. The molecule has 1 aromatic rings. The molecule has 0 radical (unpaired) electrons. The molecule has 7 heteroatoms. The Morgan fingerprint density at radius 3 is 2.59 bits per heavy atom. The van der Waals surface area contributed by atoms with E-state index in [1.807, 2.05) is 20.8 Å². The van der Waals surface area contributed by atoms with Crippen LogP contribution in [-0.4, -0.2) is 40.8 Å². The molecule has 0 aliphatic carbocycles. The molecular formula is C10H17ClN4O2. The second-order valence-electron chi connectivity index (χ2n) is 3.96. The number of hydrogen-bond acceptors (Lipinski definition) is 6. The van der Waals surface area contributed by atoms with Gasteiger partial charge in [0.1, 0.15) is 0 Å². The number of hydrogen-bond donors (Lipinski definition) is 1. The molecule has 0 spiro atoms. The Hall–Kier alpha value is -1.14. The van der Waals surface area contributed by atoms with E-state index in [4.69, 9.17) is 21.1 Å². The van der Waals surface area contributed by atoms with Crippen LogP contribution in [0.25, 0.3) is 0 Å². The summed E-state index contributed by atoms with van der Waals surface area (Å²) in [6, 6.07) is 0.213. The van der Waals surface area contributed by atoms with E-state index in [1.54, 1.807) is 7.11 Å². The van der Waals surface area contributed by atoms with Crippen LogP contribution in [-0.2, 0) is 4.74 Å². The summed E-state index contributed by atoms with van der Waals surface area (Å²) in [6.45, 7) is 6.77. The fourth-order valence-electron chi connectivity index (χ4n) is 0.969. The third-order valence-electron chi connectivity index (χ3n) is 2.09. The Bertz CT molecular complexity index is 373. The minimum absolute atomic E-state index is 0.0983. The minimum Gasteiger partial charge on any atom is -0.464 e. The molecule has 96 valence electrons. The van der Waals surface area contributed by atoms with Crippen LogP contribution in [0.3, 0.4) is 0 Å². The summed E-state index contributed by atoms with van der Waals surface area (Å²) in [5.41, 5.74) is -0.315. The molecule has 0 atom stereocenters. The fourth-order valence-corrected chi connectivity index (χ4v) is 1.12. The van der Waals surface area contributed by atoms with Crippen LogP contribution in [0.15, 0.2) is 0 Å². The summed E-state index contributed by atoms with van der Waals surface area (Å²) >= 11 is 5.76. The van der Waals surface area contributed by atoms with Gasteiger partial charge in [0.2, 0.25) is 11.2 Å². The molecule has 1 N–H and O–H groups in total. The molecule has 0 bridgehead atoms. The average Bonchev–Trinajstić information content (AvgIpc) is 2.26. The third kappa shape index (κ3) is 4.70. The molecule has 0 amide bonds. The molecule has 0 saturated heterocycles. The van der Waals surface area contributed by atoms with Crippen LogP contribution in [0.1, 0.15) is 20.8 Å². The summed E-state index contributed by atoms with van der Waals surface area (Å²) in [7, 11) is 1.65. The normalized spacial score (nSPS) is 11.4. The second kappa shape index (κ2) is 5.97. The topological polar surface area (TPSA) is 69.2 Å². The molecule has 17 heavy (non-hydrogen) atoms. The van der Waals surface area contributed by atoms with Gasteiger partial charge in [0.05, 0.1) is 12.2 Å². The number of rotatable bonds is 6. The maximum Gasteiger partial charge on any atom is 0.322 e. The number of nitrogens with one attached hydrogen (secondary N) is 1. The molecule has 0 saturated carbocycles. The van der Waals surface area contributed by atoms with Crippen molar-refractivity contribution in [1.29, 1.82) is 0 Å². The van der Waals surface area contributed by atoms with Gasteiger partial charge in [-0.05, 0) is 32.4 Å². The molecule has 0 fully saturated rings. The Kier molecular flexibility index (Phi) is 4.89. The molecular weight excluding hydrogens is 244 g/mol. The predicted molar refractivity (Wildman–Crippen MR) is 65.6 cm³/mol. The summed E-state index contributed by atoms with van der Waals surface area (Å²) < 4.78 is 10.4. The van der Waals surface area contributed by atoms with Gasteiger partial charge in [-0.25, -0.2) is 0 Å². The highest BCUT2D eigenvalue weighted by Crippen LogP contribution is 2.13. The van der Waals surface area contributed by atoms with Gasteiger partial charge >= 0.3 is 6.01 Å². The van der Waals surface area contributed by atoms with E-state index in [-0.39, 0.29) is 16.9 Å².